The lowest BCUT2D eigenvalue weighted by atomic mass is 10.3. The molecule has 2 N–H and O–H groups in total. The molecule has 2 aromatic heterocycles. The normalized spacial score (nSPS) is 11.8. The second-order valence-electron chi connectivity index (χ2n) is 6.12. The number of thiophene rings is 1. The molecule has 7 nitrogen and oxygen atoms in total. The van der Waals surface area contributed by atoms with Crippen LogP contribution in [0.4, 0.5) is 5.69 Å². The third-order valence-corrected chi connectivity index (χ3v) is 5.94. The molecule has 1 aromatic carbocycles. The van der Waals surface area contributed by atoms with Gasteiger partial charge in [-0.1, -0.05) is 24.3 Å². The van der Waals surface area contributed by atoms with E-state index in [0.717, 1.165) is 9.77 Å². The molecule has 2 amide bonds. The molecule has 2 heterocycles. The number of amides is 2. The van der Waals surface area contributed by atoms with Crippen molar-refractivity contribution in [1.29, 1.82) is 0 Å². The van der Waals surface area contributed by atoms with Crippen LogP contribution in [-0.2, 0) is 20.9 Å². The maximum absolute atomic E-state index is 12.2. The van der Waals surface area contributed by atoms with E-state index in [2.05, 4.69) is 15.7 Å². The van der Waals surface area contributed by atoms with Crippen molar-refractivity contribution in [2.24, 2.45) is 0 Å². The molecule has 0 aliphatic carbocycles. The molecule has 0 spiro atoms. The topological polar surface area (TPSA) is 85.2 Å². The van der Waals surface area contributed by atoms with Crippen LogP contribution in [0, 0.1) is 0 Å². The van der Waals surface area contributed by atoms with E-state index in [1.807, 2.05) is 47.8 Å². The van der Waals surface area contributed by atoms with Crippen molar-refractivity contribution in [2.75, 3.05) is 24.7 Å². The molecule has 0 saturated heterocycles. The van der Waals surface area contributed by atoms with E-state index < -0.39 is 0 Å². The van der Waals surface area contributed by atoms with Gasteiger partial charge >= 0.3 is 0 Å². The van der Waals surface area contributed by atoms with Crippen LogP contribution in [0.15, 0.2) is 65.1 Å². The summed E-state index contributed by atoms with van der Waals surface area (Å²) in [4.78, 5) is 26.4. The number of anilines is 1. The van der Waals surface area contributed by atoms with Crippen molar-refractivity contribution in [3.8, 4) is 0 Å². The van der Waals surface area contributed by atoms with Crippen LogP contribution in [-0.4, -0.2) is 41.0 Å². The van der Waals surface area contributed by atoms with E-state index in [9.17, 15) is 9.59 Å². The van der Waals surface area contributed by atoms with Crippen molar-refractivity contribution >= 4 is 40.6 Å². The summed E-state index contributed by atoms with van der Waals surface area (Å²) in [5, 5.41) is 11.7. The van der Waals surface area contributed by atoms with Crippen LogP contribution >= 0.6 is 23.1 Å². The molecule has 0 radical (unpaired) electrons. The zero-order valence-corrected chi connectivity index (χ0v) is 17.5. The third kappa shape index (κ3) is 6.74. The van der Waals surface area contributed by atoms with Gasteiger partial charge in [0, 0.05) is 29.6 Å². The van der Waals surface area contributed by atoms with E-state index in [1.54, 1.807) is 24.6 Å². The Kier molecular flexibility index (Phi) is 7.85. The van der Waals surface area contributed by atoms with Crippen LogP contribution < -0.4 is 10.6 Å². The predicted octanol–water partition coefficient (Wildman–Crippen LogP) is 3.18. The molecule has 9 heteroatoms. The van der Waals surface area contributed by atoms with Gasteiger partial charge in [0.15, 0.2) is 0 Å². The highest BCUT2D eigenvalue weighted by Crippen LogP contribution is 2.21. The van der Waals surface area contributed by atoms with Crippen LogP contribution in [0.3, 0.4) is 0 Å². The summed E-state index contributed by atoms with van der Waals surface area (Å²) in [5.41, 5.74) is 0.560. The number of nitrogens with zero attached hydrogens (tertiary/aromatic N) is 2. The van der Waals surface area contributed by atoms with Gasteiger partial charge in [0.2, 0.25) is 11.8 Å². The van der Waals surface area contributed by atoms with Crippen molar-refractivity contribution in [3.05, 3.63) is 65.1 Å². The number of hydrogen-bond acceptors (Lipinski definition) is 6. The standard InChI is InChI=1S/C20H22N4O3S2/c1-27-17(18-8-5-9-28-18)11-21-19(25)13-24-12-15(10-22-24)23-20(26)14-29-16-6-3-2-4-7-16/h2-10,12,17H,11,13-14H2,1H3,(H,21,25)(H,23,26)/t17-/m1/s1. The average molecular weight is 431 g/mol. The Labute approximate surface area is 177 Å². The van der Waals surface area contributed by atoms with Crippen molar-refractivity contribution < 1.29 is 14.3 Å². The fourth-order valence-corrected chi connectivity index (χ4v) is 4.08. The van der Waals surface area contributed by atoms with Crippen molar-refractivity contribution in [3.63, 3.8) is 0 Å². The molecule has 0 saturated carbocycles. The van der Waals surface area contributed by atoms with Gasteiger partial charge in [0.1, 0.15) is 12.6 Å². The highest BCUT2D eigenvalue weighted by molar-refractivity contribution is 8.00. The van der Waals surface area contributed by atoms with Gasteiger partial charge in [-0.15, -0.1) is 23.1 Å². The Morgan fingerprint density at radius 1 is 1.21 bits per heavy atom. The SMILES string of the molecule is CO[C@H](CNC(=O)Cn1cc(NC(=O)CSc2ccccc2)cn1)c1cccs1. The minimum atomic E-state index is -0.177. The Balaban J connectivity index is 1.42. The number of nitrogens with one attached hydrogen (secondary N) is 2. The number of hydrogen-bond donors (Lipinski definition) is 2. The minimum absolute atomic E-state index is 0.0650. The molecular formula is C20H22N4O3S2. The third-order valence-electron chi connectivity index (χ3n) is 3.97. The fraction of sp³-hybridized carbons (Fsp3) is 0.250. The maximum atomic E-state index is 12.2. The predicted molar refractivity (Wildman–Crippen MR) is 115 cm³/mol. The van der Waals surface area contributed by atoms with Gasteiger partial charge in [-0.2, -0.15) is 5.10 Å². The van der Waals surface area contributed by atoms with Gasteiger partial charge in [-0.3, -0.25) is 14.3 Å². The van der Waals surface area contributed by atoms with E-state index in [0.29, 0.717) is 18.0 Å². The summed E-state index contributed by atoms with van der Waals surface area (Å²) >= 11 is 3.05. The lowest BCUT2D eigenvalue weighted by molar-refractivity contribution is -0.122. The molecular weight excluding hydrogens is 408 g/mol. The Bertz CT molecular complexity index is 913. The molecule has 3 aromatic rings. The summed E-state index contributed by atoms with van der Waals surface area (Å²) in [5.74, 6) is 0.00234. The molecule has 0 bridgehead atoms. The smallest absolute Gasteiger partial charge is 0.241 e. The first-order chi connectivity index (χ1) is 14.1. The van der Waals surface area contributed by atoms with Crippen molar-refractivity contribution in [2.45, 2.75) is 17.5 Å². The number of benzene rings is 1. The lowest BCUT2D eigenvalue weighted by Crippen LogP contribution is -2.31. The highest BCUT2D eigenvalue weighted by atomic mass is 32.2. The van der Waals surface area contributed by atoms with Gasteiger partial charge in [0.25, 0.3) is 0 Å². The first-order valence-electron chi connectivity index (χ1n) is 8.97. The number of thioether (sulfide) groups is 1. The number of ether oxygens (including phenoxy) is 1. The number of aromatic nitrogens is 2. The van der Waals surface area contributed by atoms with Gasteiger partial charge < -0.3 is 15.4 Å². The molecule has 29 heavy (non-hydrogen) atoms. The van der Waals surface area contributed by atoms with E-state index in [-0.39, 0.29) is 24.5 Å². The summed E-state index contributed by atoms with van der Waals surface area (Å²) in [7, 11) is 1.62. The van der Waals surface area contributed by atoms with Gasteiger partial charge in [-0.05, 0) is 23.6 Å². The first kappa shape index (κ1) is 21.1. The monoisotopic (exact) mass is 430 g/mol. The van der Waals surface area contributed by atoms with Crippen molar-refractivity contribution in [1.82, 2.24) is 15.1 Å². The second kappa shape index (κ2) is 10.8. The Morgan fingerprint density at radius 2 is 2.03 bits per heavy atom. The molecule has 3 rings (SSSR count). The van der Waals surface area contributed by atoms with Crippen LogP contribution in [0.5, 0.6) is 0 Å². The largest absolute Gasteiger partial charge is 0.374 e. The van der Waals surface area contributed by atoms with Crippen LogP contribution in [0.1, 0.15) is 11.0 Å². The fourth-order valence-electron chi connectivity index (χ4n) is 2.56. The van der Waals surface area contributed by atoms with Crippen LogP contribution in [0.25, 0.3) is 0 Å². The maximum Gasteiger partial charge on any atom is 0.241 e. The van der Waals surface area contributed by atoms with E-state index in [4.69, 9.17) is 4.74 Å². The average Bonchev–Trinajstić information content (AvgIpc) is 3.40. The summed E-state index contributed by atoms with van der Waals surface area (Å²) in [6, 6.07) is 13.7. The van der Waals surface area contributed by atoms with Crippen LogP contribution in [0.2, 0.25) is 0 Å². The zero-order valence-electron chi connectivity index (χ0n) is 15.9. The molecule has 1 atom stereocenters. The number of carbonyl (C=O) groups excluding carboxylic acids is 2. The second-order valence-corrected chi connectivity index (χ2v) is 8.15. The summed E-state index contributed by atoms with van der Waals surface area (Å²) < 4.78 is 6.91. The molecule has 0 fully saturated rings. The lowest BCUT2D eigenvalue weighted by Gasteiger charge is -2.14. The number of rotatable bonds is 10. The summed E-state index contributed by atoms with van der Waals surface area (Å²) in [6.07, 6.45) is 2.99. The highest BCUT2D eigenvalue weighted by Gasteiger charge is 2.14. The quantitative estimate of drug-likeness (QED) is 0.483. The number of carbonyl (C=O) groups is 2. The molecule has 0 aliphatic rings. The number of methoxy groups -OCH3 is 1. The van der Waals surface area contributed by atoms with E-state index in [1.165, 1.54) is 22.6 Å². The van der Waals surface area contributed by atoms with Gasteiger partial charge in [0.05, 0.1) is 17.6 Å². The molecule has 0 aliphatic heterocycles. The zero-order chi connectivity index (χ0) is 20.5. The summed E-state index contributed by atoms with van der Waals surface area (Å²) in [6.45, 7) is 0.451. The molecule has 152 valence electrons. The molecule has 0 unspecified atom stereocenters. The first-order valence-corrected chi connectivity index (χ1v) is 10.8. The minimum Gasteiger partial charge on any atom is -0.374 e. The Hall–Kier alpha value is -2.62. The Morgan fingerprint density at radius 3 is 2.76 bits per heavy atom. The van der Waals surface area contributed by atoms with E-state index >= 15 is 0 Å². The van der Waals surface area contributed by atoms with Gasteiger partial charge in [-0.25, -0.2) is 0 Å².